The third kappa shape index (κ3) is 5.88. The van der Waals surface area contributed by atoms with Crippen LogP contribution in [0.15, 0.2) is 90.0 Å². The number of anilines is 1. The molecule has 0 spiro atoms. The van der Waals surface area contributed by atoms with Crippen molar-refractivity contribution in [3.8, 4) is 5.75 Å². The van der Waals surface area contributed by atoms with Gasteiger partial charge in [0.25, 0.3) is 15.9 Å². The molecular weight excluding hydrogens is 468 g/mol. The Morgan fingerprint density at radius 2 is 1.63 bits per heavy atom. The molecule has 0 unspecified atom stereocenters. The topological polar surface area (TPSA) is 102 Å². The molecule has 0 bridgehead atoms. The Morgan fingerprint density at radius 1 is 0.971 bits per heavy atom. The average molecular weight is 495 g/mol. The first-order valence-corrected chi connectivity index (χ1v) is 12.0. The van der Waals surface area contributed by atoms with E-state index in [9.17, 15) is 18.0 Å². The maximum atomic E-state index is 13.6. The van der Waals surface area contributed by atoms with Crippen LogP contribution in [0.2, 0.25) is 0 Å². The predicted molar refractivity (Wildman–Crippen MR) is 132 cm³/mol. The second-order valence-electron chi connectivity index (χ2n) is 7.61. The fraction of sp³-hybridized carbons (Fsp3) is 0.154. The van der Waals surface area contributed by atoms with E-state index < -0.39 is 16.0 Å². The van der Waals surface area contributed by atoms with Crippen molar-refractivity contribution in [1.82, 2.24) is 4.31 Å². The minimum Gasteiger partial charge on any atom is -0.497 e. The SMILES string of the molecule is C=C(C(=O)OC)N(Cc1cc(C)ccc1NC(=O)c1ccccc1)S(=O)(=O)c1ccc(OC)cc1. The van der Waals surface area contributed by atoms with Gasteiger partial charge in [0.15, 0.2) is 0 Å². The Morgan fingerprint density at radius 3 is 2.23 bits per heavy atom. The van der Waals surface area contributed by atoms with Crippen LogP contribution in [-0.2, 0) is 26.1 Å². The molecule has 1 amide bonds. The number of hydrogen-bond acceptors (Lipinski definition) is 6. The molecule has 3 rings (SSSR count). The normalized spacial score (nSPS) is 10.8. The number of hydrogen-bond donors (Lipinski definition) is 1. The van der Waals surface area contributed by atoms with Crippen molar-refractivity contribution in [3.63, 3.8) is 0 Å². The summed E-state index contributed by atoms with van der Waals surface area (Å²) in [5.74, 6) is -0.774. The van der Waals surface area contributed by atoms with Crippen LogP contribution in [0.3, 0.4) is 0 Å². The maximum Gasteiger partial charge on any atom is 0.354 e. The van der Waals surface area contributed by atoms with Crippen LogP contribution < -0.4 is 10.1 Å². The molecule has 3 aromatic rings. The van der Waals surface area contributed by atoms with Crippen molar-refractivity contribution in [3.05, 3.63) is 102 Å². The molecule has 0 aliphatic rings. The van der Waals surface area contributed by atoms with E-state index in [0.29, 0.717) is 22.6 Å². The monoisotopic (exact) mass is 494 g/mol. The standard InChI is InChI=1S/C26H26N2O6S/c1-18-10-15-24(27-25(29)20-8-6-5-7-9-20)21(16-18)17-28(19(2)26(30)34-4)35(31,32)23-13-11-22(33-3)12-14-23/h5-16H,2,17H2,1,3-4H3,(H,27,29). The smallest absolute Gasteiger partial charge is 0.354 e. The number of carbonyl (C=O) groups is 2. The van der Waals surface area contributed by atoms with Crippen molar-refractivity contribution in [2.24, 2.45) is 0 Å². The van der Waals surface area contributed by atoms with Gasteiger partial charge < -0.3 is 14.8 Å². The fourth-order valence-electron chi connectivity index (χ4n) is 3.33. The molecule has 0 fully saturated rings. The zero-order valence-corrected chi connectivity index (χ0v) is 20.5. The Labute approximate surface area is 204 Å². The quantitative estimate of drug-likeness (QED) is 0.354. The molecular formula is C26H26N2O6S. The second-order valence-corrected chi connectivity index (χ2v) is 9.47. The lowest BCUT2D eigenvalue weighted by Gasteiger charge is -2.26. The van der Waals surface area contributed by atoms with Crippen LogP contribution in [0.5, 0.6) is 5.75 Å². The number of ether oxygens (including phenoxy) is 2. The van der Waals surface area contributed by atoms with Gasteiger partial charge in [0.1, 0.15) is 11.4 Å². The number of nitrogens with zero attached hydrogens (tertiary/aromatic N) is 1. The number of rotatable bonds is 9. The van der Waals surface area contributed by atoms with Gasteiger partial charge in [0.2, 0.25) is 0 Å². The first-order valence-electron chi connectivity index (χ1n) is 10.6. The highest BCUT2D eigenvalue weighted by Crippen LogP contribution is 2.28. The number of methoxy groups -OCH3 is 2. The van der Waals surface area contributed by atoms with E-state index >= 15 is 0 Å². The van der Waals surface area contributed by atoms with E-state index in [0.717, 1.165) is 17.0 Å². The van der Waals surface area contributed by atoms with Crippen molar-refractivity contribution in [1.29, 1.82) is 0 Å². The van der Waals surface area contributed by atoms with Crippen molar-refractivity contribution in [2.45, 2.75) is 18.4 Å². The van der Waals surface area contributed by atoms with Gasteiger partial charge in [-0.05, 0) is 55.0 Å². The number of benzene rings is 3. The summed E-state index contributed by atoms with van der Waals surface area (Å²) in [7, 11) is -1.61. The maximum absolute atomic E-state index is 13.6. The van der Waals surface area contributed by atoms with Gasteiger partial charge in [-0.25, -0.2) is 13.2 Å². The van der Waals surface area contributed by atoms with Gasteiger partial charge in [-0.1, -0.05) is 42.5 Å². The van der Waals surface area contributed by atoms with Crippen LogP contribution >= 0.6 is 0 Å². The summed E-state index contributed by atoms with van der Waals surface area (Å²) >= 11 is 0. The van der Waals surface area contributed by atoms with E-state index in [1.165, 1.54) is 31.4 Å². The lowest BCUT2D eigenvalue weighted by atomic mass is 10.1. The third-order valence-corrected chi connectivity index (χ3v) is 7.03. The summed E-state index contributed by atoms with van der Waals surface area (Å²) in [6.45, 7) is 5.24. The van der Waals surface area contributed by atoms with E-state index in [-0.39, 0.29) is 23.0 Å². The van der Waals surface area contributed by atoms with Gasteiger partial charge in [0, 0.05) is 11.3 Å². The first-order chi connectivity index (χ1) is 16.7. The predicted octanol–water partition coefficient (Wildman–Crippen LogP) is 4.13. The number of sulfonamides is 1. The third-order valence-electron chi connectivity index (χ3n) is 5.23. The van der Waals surface area contributed by atoms with E-state index in [4.69, 9.17) is 9.47 Å². The number of carbonyl (C=O) groups excluding carboxylic acids is 2. The summed E-state index contributed by atoms with van der Waals surface area (Å²) in [6, 6.07) is 19.6. The Bertz CT molecular complexity index is 1340. The van der Waals surface area contributed by atoms with Gasteiger partial charge in [-0.15, -0.1) is 0 Å². The van der Waals surface area contributed by atoms with Crippen molar-refractivity contribution < 1.29 is 27.5 Å². The molecule has 0 aromatic heterocycles. The van der Waals surface area contributed by atoms with E-state index in [2.05, 4.69) is 11.9 Å². The van der Waals surface area contributed by atoms with Crippen LogP contribution in [0.25, 0.3) is 0 Å². The average Bonchev–Trinajstić information content (AvgIpc) is 2.88. The molecule has 35 heavy (non-hydrogen) atoms. The van der Waals surface area contributed by atoms with Crippen LogP contribution in [0.4, 0.5) is 5.69 Å². The minimum absolute atomic E-state index is 0.0640. The zero-order chi connectivity index (χ0) is 25.6. The van der Waals surface area contributed by atoms with Crippen LogP contribution in [-0.4, -0.2) is 38.8 Å². The van der Waals surface area contributed by atoms with Gasteiger partial charge >= 0.3 is 5.97 Å². The lowest BCUT2D eigenvalue weighted by Crippen LogP contribution is -2.33. The highest BCUT2D eigenvalue weighted by Gasteiger charge is 2.30. The minimum atomic E-state index is -4.22. The summed E-state index contributed by atoms with van der Waals surface area (Å²) < 4.78 is 37.8. The van der Waals surface area contributed by atoms with Crippen molar-refractivity contribution in [2.75, 3.05) is 19.5 Å². The highest BCUT2D eigenvalue weighted by atomic mass is 32.2. The Hall–Kier alpha value is -4.11. The first kappa shape index (κ1) is 25.5. The summed E-state index contributed by atoms with van der Waals surface area (Å²) in [6.07, 6.45) is 0. The zero-order valence-electron chi connectivity index (χ0n) is 19.6. The van der Waals surface area contributed by atoms with Gasteiger partial charge in [-0.2, -0.15) is 0 Å². The summed E-state index contributed by atoms with van der Waals surface area (Å²) in [5.41, 5.74) is 1.78. The van der Waals surface area contributed by atoms with Crippen LogP contribution in [0, 0.1) is 6.92 Å². The molecule has 8 nitrogen and oxygen atoms in total. The molecule has 0 aliphatic heterocycles. The van der Waals surface area contributed by atoms with Gasteiger partial charge in [-0.3, -0.25) is 9.10 Å². The molecule has 0 saturated carbocycles. The van der Waals surface area contributed by atoms with Gasteiger partial charge in [0.05, 0.1) is 25.7 Å². The molecule has 3 aromatic carbocycles. The fourth-order valence-corrected chi connectivity index (χ4v) is 4.74. The molecule has 182 valence electrons. The molecule has 0 aliphatic carbocycles. The molecule has 9 heteroatoms. The highest BCUT2D eigenvalue weighted by molar-refractivity contribution is 7.89. The molecule has 0 saturated heterocycles. The van der Waals surface area contributed by atoms with Crippen molar-refractivity contribution >= 4 is 27.6 Å². The van der Waals surface area contributed by atoms with E-state index in [1.54, 1.807) is 48.5 Å². The molecule has 0 heterocycles. The molecule has 0 atom stereocenters. The summed E-state index contributed by atoms with van der Waals surface area (Å²) in [4.78, 5) is 25.0. The van der Waals surface area contributed by atoms with E-state index in [1.807, 2.05) is 6.92 Å². The Balaban J connectivity index is 2.03. The molecule has 0 radical (unpaired) electrons. The summed E-state index contributed by atoms with van der Waals surface area (Å²) in [5, 5.41) is 2.83. The Kier molecular flexibility index (Phi) is 7.93. The second kappa shape index (κ2) is 10.9. The lowest BCUT2D eigenvalue weighted by molar-refractivity contribution is -0.137. The number of amides is 1. The molecule has 1 N–H and O–H groups in total. The number of nitrogens with one attached hydrogen (secondary N) is 1. The van der Waals surface area contributed by atoms with Crippen LogP contribution in [0.1, 0.15) is 21.5 Å². The number of aryl methyl sites for hydroxylation is 1. The number of esters is 1. The largest absolute Gasteiger partial charge is 0.497 e.